The summed E-state index contributed by atoms with van der Waals surface area (Å²) in [6.07, 6.45) is 4.68. The molecule has 1 heterocycles. The molecule has 1 aromatic rings. The molecule has 1 saturated heterocycles. The number of aliphatic hydroxyl groups is 1. The van der Waals surface area contributed by atoms with E-state index >= 15 is 0 Å². The number of amides is 1. The van der Waals surface area contributed by atoms with Gasteiger partial charge < -0.3 is 15.3 Å². The summed E-state index contributed by atoms with van der Waals surface area (Å²) < 4.78 is 0. The predicted octanol–water partition coefficient (Wildman–Crippen LogP) is 1.83. The van der Waals surface area contributed by atoms with Crippen LogP contribution < -0.4 is 5.32 Å². The lowest BCUT2D eigenvalue weighted by Gasteiger charge is -2.25. The third kappa shape index (κ3) is 4.05. The van der Waals surface area contributed by atoms with E-state index in [0.29, 0.717) is 6.04 Å². The molecule has 1 aliphatic heterocycles. The van der Waals surface area contributed by atoms with Crippen LogP contribution in [0.15, 0.2) is 24.3 Å². The van der Waals surface area contributed by atoms with Crippen molar-refractivity contribution in [3.8, 4) is 0 Å². The van der Waals surface area contributed by atoms with Crippen LogP contribution in [0.4, 0.5) is 0 Å². The predicted molar refractivity (Wildman–Crippen MR) is 84.5 cm³/mol. The van der Waals surface area contributed by atoms with Crippen molar-refractivity contribution in [1.29, 1.82) is 0 Å². The molecule has 116 valence electrons. The standard InChI is InChI=1S/C17H26N2O2/c1-18-11-10-14-6-2-3-9-16(14)17(21)19-12-4-7-15(19)8-5-13-20/h2-3,6,9,15,18,20H,4-5,7-8,10-13H2,1H3. The number of nitrogens with one attached hydrogen (secondary N) is 1. The van der Waals surface area contributed by atoms with Gasteiger partial charge in [0.05, 0.1) is 0 Å². The Labute approximate surface area is 127 Å². The zero-order valence-electron chi connectivity index (χ0n) is 12.8. The fourth-order valence-electron chi connectivity index (χ4n) is 3.09. The van der Waals surface area contributed by atoms with Crippen molar-refractivity contribution in [2.24, 2.45) is 0 Å². The first-order valence-electron chi connectivity index (χ1n) is 7.92. The Hall–Kier alpha value is -1.39. The normalized spacial score (nSPS) is 18.2. The maximum absolute atomic E-state index is 12.8. The number of likely N-dealkylation sites (N-methyl/N-ethyl adjacent to an activating group) is 1. The highest BCUT2D eigenvalue weighted by molar-refractivity contribution is 5.96. The van der Waals surface area contributed by atoms with E-state index in [1.54, 1.807) is 0 Å². The number of nitrogens with zero attached hydrogens (tertiary/aromatic N) is 1. The Morgan fingerprint density at radius 1 is 1.43 bits per heavy atom. The smallest absolute Gasteiger partial charge is 0.254 e. The van der Waals surface area contributed by atoms with Crippen LogP contribution in [0.1, 0.15) is 41.6 Å². The number of aliphatic hydroxyl groups excluding tert-OH is 1. The Morgan fingerprint density at radius 2 is 2.24 bits per heavy atom. The number of hydrogen-bond acceptors (Lipinski definition) is 3. The fraction of sp³-hybridized carbons (Fsp3) is 0.588. The molecule has 1 fully saturated rings. The average molecular weight is 290 g/mol. The van der Waals surface area contributed by atoms with Gasteiger partial charge in [-0.2, -0.15) is 0 Å². The molecular formula is C17H26N2O2. The molecule has 0 bridgehead atoms. The van der Waals surface area contributed by atoms with Crippen LogP contribution in [0.5, 0.6) is 0 Å². The SMILES string of the molecule is CNCCc1ccccc1C(=O)N1CCCC1CCCO. The third-order valence-electron chi connectivity index (χ3n) is 4.23. The van der Waals surface area contributed by atoms with Crippen LogP contribution in [0.3, 0.4) is 0 Å². The number of carbonyl (C=O) groups excluding carboxylic acids is 1. The maximum atomic E-state index is 12.8. The molecule has 1 aliphatic rings. The Morgan fingerprint density at radius 3 is 3.00 bits per heavy atom. The summed E-state index contributed by atoms with van der Waals surface area (Å²) in [5, 5.41) is 12.1. The Bertz CT molecular complexity index is 462. The van der Waals surface area contributed by atoms with E-state index in [-0.39, 0.29) is 12.5 Å². The van der Waals surface area contributed by atoms with Crippen LogP contribution in [0.2, 0.25) is 0 Å². The second-order valence-corrected chi connectivity index (χ2v) is 5.67. The van der Waals surface area contributed by atoms with Crippen LogP contribution in [0, 0.1) is 0 Å². The number of likely N-dealkylation sites (tertiary alicyclic amines) is 1. The van der Waals surface area contributed by atoms with Crippen molar-refractivity contribution < 1.29 is 9.90 Å². The molecule has 0 radical (unpaired) electrons. The molecule has 2 N–H and O–H groups in total. The molecule has 0 spiro atoms. The van der Waals surface area contributed by atoms with Crippen LogP contribution in [0.25, 0.3) is 0 Å². The topological polar surface area (TPSA) is 52.6 Å². The van der Waals surface area contributed by atoms with E-state index in [2.05, 4.69) is 5.32 Å². The first kappa shape index (κ1) is 16.0. The first-order valence-corrected chi connectivity index (χ1v) is 7.92. The van der Waals surface area contributed by atoms with Crippen molar-refractivity contribution in [2.75, 3.05) is 26.7 Å². The molecule has 1 amide bonds. The number of benzene rings is 1. The molecule has 4 nitrogen and oxygen atoms in total. The first-order chi connectivity index (χ1) is 10.3. The summed E-state index contributed by atoms with van der Waals surface area (Å²) in [4.78, 5) is 14.9. The van der Waals surface area contributed by atoms with Gasteiger partial charge in [0.2, 0.25) is 0 Å². The van der Waals surface area contributed by atoms with Gasteiger partial charge in [-0.3, -0.25) is 4.79 Å². The zero-order chi connectivity index (χ0) is 15.1. The van der Waals surface area contributed by atoms with Crippen molar-refractivity contribution in [3.05, 3.63) is 35.4 Å². The van der Waals surface area contributed by atoms with Crippen molar-refractivity contribution in [1.82, 2.24) is 10.2 Å². The van der Waals surface area contributed by atoms with Gasteiger partial charge in [-0.1, -0.05) is 18.2 Å². The lowest BCUT2D eigenvalue weighted by molar-refractivity contribution is 0.0723. The summed E-state index contributed by atoms with van der Waals surface area (Å²) in [5.74, 6) is 0.155. The summed E-state index contributed by atoms with van der Waals surface area (Å²) in [7, 11) is 1.93. The van der Waals surface area contributed by atoms with Crippen LogP contribution >= 0.6 is 0 Å². The van der Waals surface area contributed by atoms with E-state index in [9.17, 15) is 4.79 Å². The van der Waals surface area contributed by atoms with E-state index < -0.39 is 0 Å². The zero-order valence-corrected chi connectivity index (χ0v) is 12.8. The van der Waals surface area contributed by atoms with Crippen LogP contribution in [-0.2, 0) is 6.42 Å². The monoisotopic (exact) mass is 290 g/mol. The summed E-state index contributed by atoms with van der Waals surface area (Å²) >= 11 is 0. The highest BCUT2D eigenvalue weighted by Crippen LogP contribution is 2.24. The highest BCUT2D eigenvalue weighted by Gasteiger charge is 2.29. The second-order valence-electron chi connectivity index (χ2n) is 5.67. The number of hydrogen-bond donors (Lipinski definition) is 2. The fourth-order valence-corrected chi connectivity index (χ4v) is 3.09. The molecular weight excluding hydrogens is 264 g/mol. The molecule has 0 aromatic heterocycles. The summed E-state index contributed by atoms with van der Waals surface area (Å²) in [6, 6.07) is 8.21. The van der Waals surface area contributed by atoms with Crippen LogP contribution in [-0.4, -0.2) is 48.7 Å². The molecule has 21 heavy (non-hydrogen) atoms. The van der Waals surface area contributed by atoms with Gasteiger partial charge in [-0.05, 0) is 57.3 Å². The van der Waals surface area contributed by atoms with E-state index in [1.165, 1.54) is 0 Å². The highest BCUT2D eigenvalue weighted by atomic mass is 16.3. The molecule has 1 atom stereocenters. The Kier molecular flexibility index (Phi) is 6.21. The molecule has 4 heteroatoms. The van der Waals surface area contributed by atoms with Gasteiger partial charge in [0.25, 0.3) is 5.91 Å². The minimum absolute atomic E-state index is 0.155. The second kappa shape index (κ2) is 8.15. The lowest BCUT2D eigenvalue weighted by atomic mass is 10.0. The molecule has 0 aliphatic carbocycles. The quantitative estimate of drug-likeness (QED) is 0.805. The van der Waals surface area contributed by atoms with Crippen molar-refractivity contribution >= 4 is 5.91 Å². The van der Waals surface area contributed by atoms with Gasteiger partial charge in [0, 0.05) is 24.8 Å². The van der Waals surface area contributed by atoms with Gasteiger partial charge in [0.15, 0.2) is 0 Å². The minimum atomic E-state index is 0.155. The van der Waals surface area contributed by atoms with E-state index in [1.807, 2.05) is 36.2 Å². The number of carbonyl (C=O) groups is 1. The largest absolute Gasteiger partial charge is 0.396 e. The van der Waals surface area contributed by atoms with Gasteiger partial charge >= 0.3 is 0 Å². The van der Waals surface area contributed by atoms with Crippen molar-refractivity contribution in [2.45, 2.75) is 38.1 Å². The lowest BCUT2D eigenvalue weighted by Crippen LogP contribution is -2.36. The molecule has 2 rings (SSSR count). The van der Waals surface area contributed by atoms with E-state index in [0.717, 1.165) is 56.3 Å². The minimum Gasteiger partial charge on any atom is -0.396 e. The van der Waals surface area contributed by atoms with Gasteiger partial charge in [0.1, 0.15) is 0 Å². The maximum Gasteiger partial charge on any atom is 0.254 e. The van der Waals surface area contributed by atoms with Crippen molar-refractivity contribution in [3.63, 3.8) is 0 Å². The average Bonchev–Trinajstić information content (AvgIpc) is 2.99. The number of rotatable bonds is 7. The molecule has 1 unspecified atom stereocenters. The molecule has 0 saturated carbocycles. The summed E-state index contributed by atoms with van der Waals surface area (Å²) in [6.45, 7) is 1.92. The Balaban J connectivity index is 2.11. The molecule has 1 aromatic carbocycles. The summed E-state index contributed by atoms with van der Waals surface area (Å²) in [5.41, 5.74) is 1.95. The van der Waals surface area contributed by atoms with Gasteiger partial charge in [-0.25, -0.2) is 0 Å². The third-order valence-corrected chi connectivity index (χ3v) is 4.23. The van der Waals surface area contributed by atoms with E-state index in [4.69, 9.17) is 5.11 Å². The van der Waals surface area contributed by atoms with Gasteiger partial charge in [-0.15, -0.1) is 0 Å².